The van der Waals surface area contributed by atoms with Gasteiger partial charge in [0, 0.05) is 6.07 Å². The van der Waals surface area contributed by atoms with Crippen molar-refractivity contribution < 1.29 is 26.7 Å². The third-order valence-electron chi connectivity index (χ3n) is 6.15. The monoisotopic (exact) mass is 456 g/mol. The maximum Gasteiger partial charge on any atom is 0.416 e. The molecule has 0 N–H and O–H groups in total. The summed E-state index contributed by atoms with van der Waals surface area (Å²) in [5.41, 5.74) is 0.974. The van der Waals surface area contributed by atoms with Crippen LogP contribution in [0.1, 0.15) is 40.6 Å². The van der Waals surface area contributed by atoms with E-state index >= 15 is 0 Å². The van der Waals surface area contributed by atoms with Crippen LogP contribution in [0.15, 0.2) is 77.8 Å². The fraction of sp³-hybridized carbons (Fsp3) is 0.200. The number of aliphatic imine (C=N–C) groups is 1. The van der Waals surface area contributed by atoms with Crippen molar-refractivity contribution in [2.24, 2.45) is 4.99 Å². The van der Waals surface area contributed by atoms with Gasteiger partial charge in [-0.2, -0.15) is 13.2 Å². The summed E-state index contributed by atoms with van der Waals surface area (Å²) in [7, 11) is 0. The van der Waals surface area contributed by atoms with Gasteiger partial charge in [0.15, 0.2) is 0 Å². The molecule has 0 saturated carbocycles. The highest BCUT2D eigenvalue weighted by Crippen LogP contribution is 2.53. The Balaban J connectivity index is 1.56. The Morgan fingerprint density at radius 3 is 2.24 bits per heavy atom. The van der Waals surface area contributed by atoms with Crippen LogP contribution in [-0.4, -0.2) is 22.7 Å². The van der Waals surface area contributed by atoms with Crippen molar-refractivity contribution in [2.45, 2.75) is 30.7 Å². The number of rotatable bonds is 3. The molecule has 2 aliphatic heterocycles. The summed E-state index contributed by atoms with van der Waals surface area (Å²) < 4.78 is 67.0. The average Bonchev–Trinajstić information content (AvgIpc) is 2.77. The zero-order valence-electron chi connectivity index (χ0n) is 17.1. The second-order valence-electron chi connectivity index (χ2n) is 8.09. The highest BCUT2D eigenvalue weighted by molar-refractivity contribution is 6.12. The zero-order chi connectivity index (χ0) is 23.3. The maximum atomic E-state index is 14.7. The van der Waals surface area contributed by atoms with E-state index in [0.717, 1.165) is 29.8 Å². The predicted molar refractivity (Wildman–Crippen MR) is 112 cm³/mol. The molecule has 0 aromatic heterocycles. The molecule has 3 nitrogen and oxygen atoms in total. The molecule has 33 heavy (non-hydrogen) atoms. The summed E-state index contributed by atoms with van der Waals surface area (Å²) in [5, 5.41) is 0. The molecule has 8 heteroatoms. The first-order valence-corrected chi connectivity index (χ1v) is 10.3. The summed E-state index contributed by atoms with van der Waals surface area (Å²) in [6.07, 6.45) is -5.29. The van der Waals surface area contributed by atoms with Gasteiger partial charge in [0.1, 0.15) is 17.8 Å². The molecule has 3 unspecified atom stereocenters. The third kappa shape index (κ3) is 3.69. The second-order valence-corrected chi connectivity index (χ2v) is 8.09. The summed E-state index contributed by atoms with van der Waals surface area (Å²) in [4.78, 5) is 19.3. The van der Waals surface area contributed by atoms with Crippen LogP contribution >= 0.6 is 0 Å². The topological polar surface area (TPSA) is 32.7 Å². The Bertz CT molecular complexity index is 1240. The molecule has 3 aromatic rings. The van der Waals surface area contributed by atoms with Gasteiger partial charge in [-0.15, -0.1) is 0 Å². The molecule has 0 radical (unpaired) electrons. The van der Waals surface area contributed by atoms with Crippen LogP contribution in [0.3, 0.4) is 0 Å². The molecule has 2 heterocycles. The first kappa shape index (κ1) is 21.3. The van der Waals surface area contributed by atoms with E-state index in [4.69, 9.17) is 0 Å². The predicted octanol–water partition coefficient (Wildman–Crippen LogP) is 5.87. The van der Waals surface area contributed by atoms with Gasteiger partial charge in [-0.1, -0.05) is 48.5 Å². The molecular weight excluding hydrogens is 439 g/mol. The molecule has 3 atom stereocenters. The summed E-state index contributed by atoms with van der Waals surface area (Å²) in [6, 6.07) is 16.4. The first-order chi connectivity index (χ1) is 15.7. The van der Waals surface area contributed by atoms with Crippen LogP contribution in [-0.2, 0) is 11.0 Å². The van der Waals surface area contributed by atoms with Crippen molar-refractivity contribution in [1.29, 1.82) is 0 Å². The van der Waals surface area contributed by atoms with E-state index in [1.54, 1.807) is 4.90 Å². The lowest BCUT2D eigenvalue weighted by Gasteiger charge is -2.55. The van der Waals surface area contributed by atoms with Crippen LogP contribution < -0.4 is 0 Å². The van der Waals surface area contributed by atoms with Gasteiger partial charge in [-0.25, -0.2) is 8.78 Å². The fourth-order valence-electron chi connectivity index (χ4n) is 4.61. The van der Waals surface area contributed by atoms with E-state index in [1.165, 1.54) is 18.2 Å². The number of fused-ring (bicyclic) bond motifs is 1. The van der Waals surface area contributed by atoms with E-state index < -0.39 is 41.5 Å². The summed E-state index contributed by atoms with van der Waals surface area (Å²) in [6.45, 7) is 0. The quantitative estimate of drug-likeness (QED) is 0.454. The molecule has 168 valence electrons. The number of hydrogen-bond acceptors (Lipinski definition) is 2. The Morgan fingerprint density at radius 1 is 0.909 bits per heavy atom. The first-order valence-electron chi connectivity index (χ1n) is 10.3. The van der Waals surface area contributed by atoms with Crippen LogP contribution in [0.25, 0.3) is 0 Å². The van der Waals surface area contributed by atoms with Crippen LogP contribution in [0, 0.1) is 11.6 Å². The zero-order valence-corrected chi connectivity index (χ0v) is 17.1. The summed E-state index contributed by atoms with van der Waals surface area (Å²) in [5.74, 6) is -2.26. The Kier molecular flexibility index (Phi) is 5.03. The normalized spacial score (nSPS) is 22.5. The van der Waals surface area contributed by atoms with Gasteiger partial charge in [-0.3, -0.25) is 9.79 Å². The Morgan fingerprint density at radius 2 is 1.61 bits per heavy atom. The maximum absolute atomic E-state index is 14.7. The average molecular weight is 456 g/mol. The van der Waals surface area contributed by atoms with Gasteiger partial charge in [0.05, 0.1) is 29.7 Å². The molecule has 5 rings (SSSR count). The van der Waals surface area contributed by atoms with E-state index in [1.807, 2.05) is 30.3 Å². The highest BCUT2D eigenvalue weighted by Gasteiger charge is 2.54. The Hall–Kier alpha value is -3.55. The van der Waals surface area contributed by atoms with Crippen molar-refractivity contribution in [2.75, 3.05) is 0 Å². The number of carbonyl (C=O) groups excluding carboxylic acids is 1. The van der Waals surface area contributed by atoms with E-state index in [2.05, 4.69) is 4.99 Å². The molecule has 0 bridgehead atoms. The number of alkyl halides is 3. The lowest BCUT2D eigenvalue weighted by Crippen LogP contribution is -2.61. The summed E-state index contributed by atoms with van der Waals surface area (Å²) >= 11 is 0. The van der Waals surface area contributed by atoms with E-state index in [9.17, 15) is 26.7 Å². The minimum atomic E-state index is -4.47. The number of halogens is 5. The van der Waals surface area contributed by atoms with Crippen molar-refractivity contribution in [1.82, 2.24) is 4.90 Å². The molecule has 1 fully saturated rings. The Labute approximate surface area is 186 Å². The SMILES string of the molecule is O=C1CC(c2ccc(C(F)(F)F)cc2)=NC2C(c3ccc(F)cc3F)C(c3ccccc3)N12. The molecule has 2 aliphatic rings. The number of amides is 1. The molecule has 3 aromatic carbocycles. The van der Waals surface area contributed by atoms with Crippen LogP contribution in [0.5, 0.6) is 0 Å². The molecule has 1 amide bonds. The molecule has 1 saturated heterocycles. The number of nitrogens with zero attached hydrogens (tertiary/aromatic N) is 2. The van der Waals surface area contributed by atoms with Crippen molar-refractivity contribution in [3.63, 3.8) is 0 Å². The van der Waals surface area contributed by atoms with Gasteiger partial charge in [-0.05, 0) is 34.9 Å². The van der Waals surface area contributed by atoms with Gasteiger partial charge in [0.25, 0.3) is 0 Å². The molecule has 0 spiro atoms. The van der Waals surface area contributed by atoms with Gasteiger partial charge in [0.2, 0.25) is 5.91 Å². The van der Waals surface area contributed by atoms with Gasteiger partial charge < -0.3 is 4.90 Å². The van der Waals surface area contributed by atoms with Crippen molar-refractivity contribution in [3.8, 4) is 0 Å². The molecule has 0 aliphatic carbocycles. The number of carbonyl (C=O) groups is 1. The lowest BCUT2D eigenvalue weighted by atomic mass is 9.74. The smallest absolute Gasteiger partial charge is 0.312 e. The number of benzene rings is 3. The highest BCUT2D eigenvalue weighted by atomic mass is 19.4. The van der Waals surface area contributed by atoms with Crippen LogP contribution in [0.4, 0.5) is 22.0 Å². The standard InChI is InChI=1S/C25H17F5N2O/c26-17-10-11-18(19(27)12-17)22-23(15-4-2-1-3-5-15)32-21(33)13-20(31-24(22)32)14-6-8-16(9-7-14)25(28,29)30/h1-12,22-24H,13H2. The minimum absolute atomic E-state index is 0.0795. The third-order valence-corrected chi connectivity index (χ3v) is 6.15. The van der Waals surface area contributed by atoms with Gasteiger partial charge >= 0.3 is 6.18 Å². The van der Waals surface area contributed by atoms with E-state index in [0.29, 0.717) is 11.3 Å². The van der Waals surface area contributed by atoms with E-state index in [-0.39, 0.29) is 17.9 Å². The lowest BCUT2D eigenvalue weighted by molar-refractivity contribution is -0.148. The second kappa shape index (κ2) is 7.79. The number of hydrogen-bond donors (Lipinski definition) is 0. The largest absolute Gasteiger partial charge is 0.416 e. The van der Waals surface area contributed by atoms with Crippen molar-refractivity contribution in [3.05, 3.63) is 107 Å². The minimum Gasteiger partial charge on any atom is -0.312 e. The van der Waals surface area contributed by atoms with Crippen LogP contribution in [0.2, 0.25) is 0 Å². The molecular formula is C25H17F5N2O. The van der Waals surface area contributed by atoms with Crippen molar-refractivity contribution >= 4 is 11.6 Å². The fourth-order valence-corrected chi connectivity index (χ4v) is 4.61.